The first kappa shape index (κ1) is 18.6. The molecule has 11 nitrogen and oxygen atoms in total. The summed E-state index contributed by atoms with van der Waals surface area (Å²) in [5, 5.41) is 24.1. The van der Waals surface area contributed by atoms with Crippen molar-refractivity contribution in [2.24, 2.45) is 0 Å². The highest BCUT2D eigenvalue weighted by Gasteiger charge is 2.14. The molecule has 3 rings (SSSR count). The molecule has 2 aromatic carbocycles. The lowest BCUT2D eigenvalue weighted by atomic mass is 10.2. The Hall–Kier alpha value is -4.15. The first-order valence-corrected chi connectivity index (χ1v) is 7.99. The standard InChI is InChI=1S/C17H14N6O5/c1-11-5-6-14(23(26)27)8-15(11)19-16(24)9-28-17(25)12-3-2-4-13(7-12)22-10-18-20-21-22/h2-8,10H,9H2,1H3,(H,19,24). The number of nitrogens with zero attached hydrogens (tertiary/aromatic N) is 5. The first-order valence-electron chi connectivity index (χ1n) is 7.99. The van der Waals surface area contributed by atoms with E-state index < -0.39 is 23.4 Å². The van der Waals surface area contributed by atoms with Crippen LogP contribution < -0.4 is 5.32 Å². The van der Waals surface area contributed by atoms with Gasteiger partial charge in [0.2, 0.25) is 0 Å². The van der Waals surface area contributed by atoms with E-state index in [1.165, 1.54) is 41.3 Å². The molecule has 0 radical (unpaired) electrons. The van der Waals surface area contributed by atoms with Gasteiger partial charge in [-0.2, -0.15) is 0 Å². The van der Waals surface area contributed by atoms with Crippen LogP contribution in [0.15, 0.2) is 48.8 Å². The maximum Gasteiger partial charge on any atom is 0.338 e. The summed E-state index contributed by atoms with van der Waals surface area (Å²) in [5.74, 6) is -1.32. The lowest BCUT2D eigenvalue weighted by Gasteiger charge is -2.09. The summed E-state index contributed by atoms with van der Waals surface area (Å²) in [7, 11) is 0. The van der Waals surface area contributed by atoms with Crippen LogP contribution in [0.25, 0.3) is 5.69 Å². The fourth-order valence-corrected chi connectivity index (χ4v) is 2.31. The van der Waals surface area contributed by atoms with Gasteiger partial charge in [-0.05, 0) is 41.1 Å². The minimum Gasteiger partial charge on any atom is -0.452 e. The molecule has 0 spiro atoms. The largest absolute Gasteiger partial charge is 0.452 e. The molecule has 1 amide bonds. The van der Waals surface area contributed by atoms with Gasteiger partial charge < -0.3 is 10.1 Å². The third-order valence-corrected chi connectivity index (χ3v) is 3.74. The van der Waals surface area contributed by atoms with Crippen LogP contribution in [0.4, 0.5) is 11.4 Å². The average molecular weight is 382 g/mol. The molecular weight excluding hydrogens is 368 g/mol. The molecule has 3 aromatic rings. The molecule has 0 aliphatic heterocycles. The van der Waals surface area contributed by atoms with Crippen LogP contribution >= 0.6 is 0 Å². The number of amides is 1. The van der Waals surface area contributed by atoms with Gasteiger partial charge in [0.15, 0.2) is 6.61 Å². The van der Waals surface area contributed by atoms with Crippen LogP contribution in [0.3, 0.4) is 0 Å². The number of carbonyl (C=O) groups excluding carboxylic acids is 2. The van der Waals surface area contributed by atoms with Gasteiger partial charge in [-0.1, -0.05) is 12.1 Å². The molecular formula is C17H14N6O5. The quantitative estimate of drug-likeness (QED) is 0.385. The van der Waals surface area contributed by atoms with Gasteiger partial charge in [-0.15, -0.1) is 5.10 Å². The van der Waals surface area contributed by atoms with Gasteiger partial charge in [0.05, 0.1) is 21.9 Å². The Morgan fingerprint density at radius 3 is 2.79 bits per heavy atom. The van der Waals surface area contributed by atoms with E-state index in [9.17, 15) is 19.7 Å². The van der Waals surface area contributed by atoms with E-state index in [1.807, 2.05) is 0 Å². The molecule has 0 atom stereocenters. The van der Waals surface area contributed by atoms with Crippen molar-refractivity contribution >= 4 is 23.3 Å². The number of aromatic nitrogens is 4. The normalized spacial score (nSPS) is 10.3. The number of nitrogens with one attached hydrogen (secondary N) is 1. The highest BCUT2D eigenvalue weighted by atomic mass is 16.6. The monoisotopic (exact) mass is 382 g/mol. The summed E-state index contributed by atoms with van der Waals surface area (Å²) >= 11 is 0. The van der Waals surface area contributed by atoms with E-state index in [1.54, 1.807) is 19.1 Å². The summed E-state index contributed by atoms with van der Waals surface area (Å²) < 4.78 is 6.38. The van der Waals surface area contributed by atoms with E-state index in [0.29, 0.717) is 11.3 Å². The Bertz CT molecular complexity index is 1030. The number of hydrogen-bond acceptors (Lipinski definition) is 8. The molecule has 1 N–H and O–H groups in total. The molecule has 0 saturated heterocycles. The second-order valence-electron chi connectivity index (χ2n) is 5.69. The van der Waals surface area contributed by atoms with Gasteiger partial charge in [-0.25, -0.2) is 9.48 Å². The Labute approximate surface area is 158 Å². The van der Waals surface area contributed by atoms with Gasteiger partial charge in [-0.3, -0.25) is 14.9 Å². The zero-order chi connectivity index (χ0) is 20.1. The number of carbonyl (C=O) groups is 2. The third kappa shape index (κ3) is 4.33. The number of rotatable bonds is 6. The lowest BCUT2D eigenvalue weighted by molar-refractivity contribution is -0.384. The van der Waals surface area contributed by atoms with Crippen molar-refractivity contribution in [1.29, 1.82) is 0 Å². The SMILES string of the molecule is Cc1ccc([N+](=O)[O-])cc1NC(=O)COC(=O)c1cccc(-n2cnnn2)c1. The number of non-ortho nitro benzene ring substituents is 1. The van der Waals surface area contributed by atoms with Crippen molar-refractivity contribution in [2.45, 2.75) is 6.92 Å². The van der Waals surface area contributed by atoms with Crippen molar-refractivity contribution in [3.63, 3.8) is 0 Å². The predicted molar refractivity (Wildman–Crippen MR) is 95.9 cm³/mol. The number of aryl methyl sites for hydroxylation is 1. The van der Waals surface area contributed by atoms with Gasteiger partial charge >= 0.3 is 5.97 Å². The molecule has 142 valence electrons. The Morgan fingerprint density at radius 1 is 1.25 bits per heavy atom. The number of ether oxygens (including phenoxy) is 1. The molecule has 0 saturated carbocycles. The van der Waals surface area contributed by atoms with Gasteiger partial charge in [0, 0.05) is 12.1 Å². The molecule has 0 unspecified atom stereocenters. The molecule has 0 fully saturated rings. The second-order valence-corrected chi connectivity index (χ2v) is 5.69. The number of anilines is 1. The van der Waals surface area contributed by atoms with Crippen molar-refractivity contribution in [2.75, 3.05) is 11.9 Å². The van der Waals surface area contributed by atoms with E-state index >= 15 is 0 Å². The van der Waals surface area contributed by atoms with Crippen LogP contribution in [0.1, 0.15) is 15.9 Å². The first-order chi connectivity index (χ1) is 13.4. The van der Waals surface area contributed by atoms with Gasteiger partial charge in [0.1, 0.15) is 6.33 Å². The number of nitro benzene ring substituents is 1. The van der Waals surface area contributed by atoms with E-state index in [4.69, 9.17) is 4.74 Å². The number of nitro groups is 1. The van der Waals surface area contributed by atoms with Crippen LogP contribution in [0.5, 0.6) is 0 Å². The van der Waals surface area contributed by atoms with E-state index in [0.717, 1.165) is 0 Å². The Morgan fingerprint density at radius 2 is 2.07 bits per heavy atom. The lowest BCUT2D eigenvalue weighted by Crippen LogP contribution is -2.21. The van der Waals surface area contributed by atoms with Crippen LogP contribution in [-0.2, 0) is 9.53 Å². The summed E-state index contributed by atoms with van der Waals surface area (Å²) in [6.07, 6.45) is 1.37. The van der Waals surface area contributed by atoms with Crippen molar-refractivity contribution in [3.05, 3.63) is 70.0 Å². The second kappa shape index (κ2) is 8.03. The number of benzene rings is 2. The van der Waals surface area contributed by atoms with Gasteiger partial charge in [0.25, 0.3) is 11.6 Å². The van der Waals surface area contributed by atoms with Crippen LogP contribution in [0.2, 0.25) is 0 Å². The highest BCUT2D eigenvalue weighted by Crippen LogP contribution is 2.21. The van der Waals surface area contributed by atoms with Crippen molar-refractivity contribution < 1.29 is 19.2 Å². The molecule has 1 heterocycles. The Balaban J connectivity index is 1.62. The topological polar surface area (TPSA) is 142 Å². The fraction of sp³-hybridized carbons (Fsp3) is 0.118. The van der Waals surface area contributed by atoms with Crippen molar-refractivity contribution in [1.82, 2.24) is 20.2 Å². The number of hydrogen-bond donors (Lipinski definition) is 1. The van der Waals surface area contributed by atoms with Crippen LogP contribution in [0, 0.1) is 17.0 Å². The predicted octanol–water partition coefficient (Wildman–Crippen LogP) is 1.67. The fourth-order valence-electron chi connectivity index (χ4n) is 2.31. The molecule has 0 bridgehead atoms. The molecule has 1 aromatic heterocycles. The minimum atomic E-state index is -0.708. The molecule has 28 heavy (non-hydrogen) atoms. The van der Waals surface area contributed by atoms with E-state index in [-0.39, 0.29) is 16.9 Å². The average Bonchev–Trinajstić information content (AvgIpc) is 3.22. The third-order valence-electron chi connectivity index (χ3n) is 3.74. The molecule has 0 aliphatic carbocycles. The smallest absolute Gasteiger partial charge is 0.338 e. The van der Waals surface area contributed by atoms with Crippen molar-refractivity contribution in [3.8, 4) is 5.69 Å². The summed E-state index contributed by atoms with van der Waals surface area (Å²) in [6, 6.07) is 10.5. The van der Waals surface area contributed by atoms with Crippen LogP contribution in [-0.4, -0.2) is 43.6 Å². The highest BCUT2D eigenvalue weighted by molar-refractivity contribution is 5.96. The Kier molecular flexibility index (Phi) is 5.35. The number of esters is 1. The summed E-state index contributed by atoms with van der Waals surface area (Å²) in [6.45, 7) is 1.14. The maximum atomic E-state index is 12.2. The zero-order valence-corrected chi connectivity index (χ0v) is 14.6. The maximum absolute atomic E-state index is 12.2. The molecule has 0 aliphatic rings. The summed E-state index contributed by atoms with van der Waals surface area (Å²) in [5.41, 5.74) is 1.52. The number of tetrazole rings is 1. The summed E-state index contributed by atoms with van der Waals surface area (Å²) in [4.78, 5) is 34.5. The van der Waals surface area contributed by atoms with E-state index in [2.05, 4.69) is 20.8 Å². The molecule has 11 heteroatoms. The zero-order valence-electron chi connectivity index (χ0n) is 14.6. The minimum absolute atomic E-state index is 0.155.